The van der Waals surface area contributed by atoms with Crippen molar-refractivity contribution in [2.45, 2.75) is 59.8 Å². The number of fused-ring (bicyclic) bond motifs is 1. The zero-order chi connectivity index (χ0) is 23.5. The molecule has 2 aromatic carbocycles. The molecule has 1 heterocycles. The molecule has 3 rings (SSSR count). The summed E-state index contributed by atoms with van der Waals surface area (Å²) < 4.78 is 6.82. The van der Waals surface area contributed by atoms with Crippen molar-refractivity contribution in [1.29, 1.82) is 0 Å². The van der Waals surface area contributed by atoms with Crippen molar-refractivity contribution in [3.63, 3.8) is 0 Å². The summed E-state index contributed by atoms with van der Waals surface area (Å²) in [6.07, 6.45) is 3.02. The van der Waals surface area contributed by atoms with Gasteiger partial charge in [0.1, 0.15) is 12.4 Å². The number of Topliss-reactive ketones (excluding diaryl/α,β-unsaturated/α-hetero) is 1. The zero-order valence-electron chi connectivity index (χ0n) is 19.5. The van der Waals surface area contributed by atoms with Gasteiger partial charge in [0.05, 0.1) is 5.56 Å². The molecule has 0 aliphatic rings. The third-order valence-electron chi connectivity index (χ3n) is 5.92. The second kappa shape index (κ2) is 9.86. The van der Waals surface area contributed by atoms with Gasteiger partial charge < -0.3 is 9.84 Å². The largest absolute Gasteiger partial charge is 0.486 e. The number of aromatic carboxylic acids is 1. The molecule has 32 heavy (non-hydrogen) atoms. The minimum atomic E-state index is -0.890. The van der Waals surface area contributed by atoms with Crippen LogP contribution >= 0.6 is 11.3 Å². The molecule has 5 heteroatoms. The van der Waals surface area contributed by atoms with E-state index in [-0.39, 0.29) is 12.4 Å². The lowest BCUT2D eigenvalue weighted by atomic mass is 9.90. The van der Waals surface area contributed by atoms with Crippen LogP contribution in [0.15, 0.2) is 42.5 Å². The van der Waals surface area contributed by atoms with Gasteiger partial charge in [-0.1, -0.05) is 45.9 Å². The molecule has 0 fully saturated rings. The number of thiophene rings is 1. The third-order valence-corrected chi connectivity index (χ3v) is 7.07. The fourth-order valence-corrected chi connectivity index (χ4v) is 4.83. The molecule has 0 saturated carbocycles. The first-order valence-corrected chi connectivity index (χ1v) is 11.9. The number of carboxylic acids is 1. The summed E-state index contributed by atoms with van der Waals surface area (Å²) in [4.78, 5) is 24.6. The van der Waals surface area contributed by atoms with E-state index in [1.54, 1.807) is 23.5 Å². The highest BCUT2D eigenvalue weighted by Gasteiger charge is 2.22. The van der Waals surface area contributed by atoms with Gasteiger partial charge in [-0.05, 0) is 72.9 Å². The Morgan fingerprint density at radius 3 is 2.47 bits per heavy atom. The summed E-state index contributed by atoms with van der Waals surface area (Å²) >= 11 is 1.68. The van der Waals surface area contributed by atoms with E-state index in [0.717, 1.165) is 40.7 Å². The number of aryl methyl sites for hydroxylation is 2. The van der Waals surface area contributed by atoms with Crippen LogP contribution in [-0.2, 0) is 11.2 Å². The average molecular weight is 453 g/mol. The van der Waals surface area contributed by atoms with E-state index in [2.05, 4.69) is 25.1 Å². The molecule has 1 unspecified atom stereocenters. The summed E-state index contributed by atoms with van der Waals surface area (Å²) in [5.74, 6) is 0.392. The maximum absolute atomic E-state index is 12.2. The van der Waals surface area contributed by atoms with Crippen LogP contribution in [0, 0.1) is 12.3 Å². The molecule has 0 aliphatic carbocycles. The van der Waals surface area contributed by atoms with Gasteiger partial charge >= 0.3 is 5.97 Å². The van der Waals surface area contributed by atoms with Crippen molar-refractivity contribution in [2.75, 3.05) is 6.61 Å². The summed E-state index contributed by atoms with van der Waals surface area (Å²) in [5, 5.41) is 10.3. The summed E-state index contributed by atoms with van der Waals surface area (Å²) in [6.45, 7) is 10.0. The molecule has 3 aromatic rings. The van der Waals surface area contributed by atoms with Crippen molar-refractivity contribution < 1.29 is 19.4 Å². The van der Waals surface area contributed by atoms with E-state index < -0.39 is 11.4 Å². The molecular weight excluding hydrogens is 420 g/mol. The van der Waals surface area contributed by atoms with Crippen LogP contribution in [0.3, 0.4) is 0 Å². The number of rotatable bonds is 9. The minimum absolute atomic E-state index is 0.0891. The normalized spacial score (nSPS) is 12.7. The Balaban J connectivity index is 1.66. The molecule has 0 spiro atoms. The van der Waals surface area contributed by atoms with Crippen LogP contribution < -0.4 is 4.74 Å². The lowest BCUT2D eigenvalue weighted by molar-refractivity contribution is -0.128. The molecular formula is C27H32O4S. The van der Waals surface area contributed by atoms with Gasteiger partial charge in [-0.3, -0.25) is 4.79 Å². The maximum Gasteiger partial charge on any atom is 0.335 e. The maximum atomic E-state index is 12.2. The molecule has 0 saturated heterocycles. The highest BCUT2D eigenvalue weighted by Crippen LogP contribution is 2.32. The predicted octanol–water partition coefficient (Wildman–Crippen LogP) is 7.03. The molecule has 1 aromatic heterocycles. The van der Waals surface area contributed by atoms with Crippen LogP contribution in [0.1, 0.15) is 72.8 Å². The molecule has 1 atom stereocenters. The molecule has 0 amide bonds. The van der Waals surface area contributed by atoms with Crippen molar-refractivity contribution in [3.8, 4) is 5.75 Å². The molecule has 0 radical (unpaired) electrons. The number of ether oxygens (including phenoxy) is 1. The van der Waals surface area contributed by atoms with Crippen LogP contribution in [-0.4, -0.2) is 23.5 Å². The van der Waals surface area contributed by atoms with Crippen molar-refractivity contribution in [2.24, 2.45) is 5.41 Å². The number of carboxylic acid groups (broad SMARTS) is 1. The number of ketones is 1. The number of carbonyl (C=O) groups excluding carboxylic acids is 1. The Hall–Kier alpha value is -2.66. The lowest BCUT2D eigenvalue weighted by Crippen LogP contribution is -2.26. The topological polar surface area (TPSA) is 63.6 Å². The van der Waals surface area contributed by atoms with Gasteiger partial charge in [0.25, 0.3) is 0 Å². The Labute approximate surface area is 194 Å². The second-order valence-electron chi connectivity index (χ2n) is 9.40. The summed E-state index contributed by atoms with van der Waals surface area (Å²) in [7, 11) is 0. The van der Waals surface area contributed by atoms with E-state index in [1.807, 2.05) is 39.8 Å². The third kappa shape index (κ3) is 5.77. The highest BCUT2D eigenvalue weighted by molar-refractivity contribution is 7.19. The van der Waals surface area contributed by atoms with Gasteiger partial charge in [-0.15, -0.1) is 11.3 Å². The van der Waals surface area contributed by atoms with E-state index in [9.17, 15) is 14.7 Å². The van der Waals surface area contributed by atoms with Crippen LogP contribution in [0.5, 0.6) is 5.75 Å². The van der Waals surface area contributed by atoms with Crippen LogP contribution in [0.4, 0.5) is 0 Å². The van der Waals surface area contributed by atoms with Crippen LogP contribution in [0.25, 0.3) is 10.1 Å². The Kier molecular flexibility index (Phi) is 7.40. The van der Waals surface area contributed by atoms with E-state index in [0.29, 0.717) is 11.5 Å². The Morgan fingerprint density at radius 1 is 1.09 bits per heavy atom. The summed E-state index contributed by atoms with van der Waals surface area (Å²) in [6, 6.07) is 13.8. The lowest BCUT2D eigenvalue weighted by Gasteiger charge is -2.19. The average Bonchev–Trinajstić information content (AvgIpc) is 3.14. The zero-order valence-corrected chi connectivity index (χ0v) is 20.3. The first-order valence-electron chi connectivity index (χ1n) is 11.1. The highest BCUT2D eigenvalue weighted by atomic mass is 32.1. The molecule has 0 aliphatic heterocycles. The van der Waals surface area contributed by atoms with Gasteiger partial charge in [-0.2, -0.15) is 0 Å². The van der Waals surface area contributed by atoms with Gasteiger partial charge in [-0.25, -0.2) is 4.79 Å². The number of carbonyl (C=O) groups is 2. The van der Waals surface area contributed by atoms with E-state index >= 15 is 0 Å². The van der Waals surface area contributed by atoms with Gasteiger partial charge in [0.15, 0.2) is 5.78 Å². The minimum Gasteiger partial charge on any atom is -0.486 e. The Morgan fingerprint density at radius 2 is 1.84 bits per heavy atom. The first-order chi connectivity index (χ1) is 15.1. The molecule has 1 N–H and O–H groups in total. The van der Waals surface area contributed by atoms with Gasteiger partial charge in [0.2, 0.25) is 0 Å². The Bertz CT molecular complexity index is 1120. The summed E-state index contributed by atoms with van der Waals surface area (Å²) in [5.41, 5.74) is 2.27. The molecule has 170 valence electrons. The fraction of sp³-hybridized carbons (Fsp3) is 0.407. The number of benzene rings is 2. The molecule has 4 nitrogen and oxygen atoms in total. The monoisotopic (exact) mass is 452 g/mol. The second-order valence-corrected chi connectivity index (χ2v) is 10.6. The van der Waals surface area contributed by atoms with Crippen LogP contribution in [0.2, 0.25) is 0 Å². The number of hydrogen-bond acceptors (Lipinski definition) is 4. The number of hydrogen-bond donors (Lipinski definition) is 1. The van der Waals surface area contributed by atoms with E-state index in [1.165, 1.54) is 10.4 Å². The standard InChI is InChI=1S/C27H32O4S/c1-6-18(9-11-22-14-20-7-8-21(26(29)30)15-24(20)32-22)19-10-12-23(17(2)13-19)31-16-25(28)27(3,4)5/h7-8,10,12-15,18H,6,9,11,16H2,1-5H3,(H,29,30). The molecule has 0 bridgehead atoms. The predicted molar refractivity (Wildman–Crippen MR) is 131 cm³/mol. The van der Waals surface area contributed by atoms with E-state index in [4.69, 9.17) is 4.74 Å². The quantitative estimate of drug-likeness (QED) is 0.378. The smallest absolute Gasteiger partial charge is 0.335 e. The van der Waals surface area contributed by atoms with Crippen molar-refractivity contribution in [3.05, 3.63) is 64.0 Å². The van der Waals surface area contributed by atoms with Crippen molar-refractivity contribution >= 4 is 33.2 Å². The van der Waals surface area contributed by atoms with Crippen molar-refractivity contribution in [1.82, 2.24) is 0 Å². The van der Waals surface area contributed by atoms with Gasteiger partial charge in [0, 0.05) is 15.0 Å². The first kappa shape index (κ1) is 24.0. The fourth-order valence-electron chi connectivity index (χ4n) is 3.71. The SMILES string of the molecule is CCC(CCc1cc2ccc(C(=O)O)cc2s1)c1ccc(OCC(=O)C(C)(C)C)c(C)c1.